The molecule has 1 heterocycles. The van der Waals surface area contributed by atoms with Gasteiger partial charge in [-0.2, -0.15) is 0 Å². The maximum Gasteiger partial charge on any atom is 0.240 e. The summed E-state index contributed by atoms with van der Waals surface area (Å²) < 4.78 is 1.94. The summed E-state index contributed by atoms with van der Waals surface area (Å²) in [7, 11) is 0. The van der Waals surface area contributed by atoms with Crippen LogP contribution in [0.2, 0.25) is 0 Å². The molecule has 1 atom stereocenters. The number of nitrogens with zero attached hydrogens (tertiary/aromatic N) is 1. The van der Waals surface area contributed by atoms with E-state index < -0.39 is 0 Å². The number of pyridine rings is 1. The predicted molar refractivity (Wildman–Crippen MR) is 121 cm³/mol. The number of aromatic nitrogens is 1. The largest absolute Gasteiger partial charge is 0.350 e. The second kappa shape index (κ2) is 9.42. The minimum Gasteiger partial charge on any atom is -0.350 e. The zero-order valence-electron chi connectivity index (χ0n) is 16.5. The molecule has 0 radical (unpaired) electrons. The van der Waals surface area contributed by atoms with Crippen molar-refractivity contribution in [2.45, 2.75) is 44.7 Å². The van der Waals surface area contributed by atoms with Crippen molar-refractivity contribution in [3.8, 4) is 0 Å². The first-order chi connectivity index (χ1) is 13.7. The third kappa shape index (κ3) is 4.31. The number of rotatable bonds is 5. The Morgan fingerprint density at radius 1 is 1.00 bits per heavy atom. The molecule has 6 heteroatoms. The lowest BCUT2D eigenvalue weighted by Gasteiger charge is -2.30. The molecule has 1 saturated carbocycles. The van der Waals surface area contributed by atoms with Crippen LogP contribution in [0.3, 0.4) is 0 Å². The monoisotopic (exact) mass is 413 g/mol. The van der Waals surface area contributed by atoms with Crippen LogP contribution in [0, 0.1) is 5.92 Å². The quantitative estimate of drug-likeness (QED) is 0.627. The summed E-state index contributed by atoms with van der Waals surface area (Å²) in [6.07, 6.45) is 5.97. The second-order valence-electron chi connectivity index (χ2n) is 7.76. The van der Waals surface area contributed by atoms with Gasteiger partial charge in [0.25, 0.3) is 0 Å². The molecule has 154 valence electrons. The van der Waals surface area contributed by atoms with Gasteiger partial charge in [-0.3, -0.25) is 9.59 Å². The first kappa shape index (κ1) is 21.3. The van der Waals surface area contributed by atoms with Crippen molar-refractivity contribution in [1.82, 2.24) is 9.88 Å². The number of hydrogen-bond donors (Lipinski definition) is 2. The third-order valence-electron chi connectivity index (χ3n) is 6.00. The molecule has 1 aromatic heterocycles. The van der Waals surface area contributed by atoms with E-state index in [1.54, 1.807) is 0 Å². The number of benzene rings is 2. The lowest BCUT2D eigenvalue weighted by molar-refractivity contribution is -0.122. The maximum atomic E-state index is 12.9. The van der Waals surface area contributed by atoms with E-state index in [-0.39, 0.29) is 36.3 Å². The topological polar surface area (TPSA) is 77.1 Å². The van der Waals surface area contributed by atoms with Crippen molar-refractivity contribution in [3.05, 3.63) is 58.8 Å². The van der Waals surface area contributed by atoms with Crippen molar-refractivity contribution in [1.29, 1.82) is 0 Å². The van der Waals surface area contributed by atoms with E-state index in [2.05, 4.69) is 5.32 Å². The fourth-order valence-electron chi connectivity index (χ4n) is 4.55. The van der Waals surface area contributed by atoms with Crippen LogP contribution < -0.4 is 16.5 Å². The van der Waals surface area contributed by atoms with Crippen LogP contribution in [0.15, 0.2) is 53.3 Å². The molecule has 5 nitrogen and oxygen atoms in total. The number of carbonyl (C=O) groups is 1. The summed E-state index contributed by atoms with van der Waals surface area (Å²) >= 11 is 0. The Morgan fingerprint density at radius 3 is 2.10 bits per heavy atom. The fourth-order valence-corrected chi connectivity index (χ4v) is 4.55. The van der Waals surface area contributed by atoms with Crippen LogP contribution in [0.5, 0.6) is 0 Å². The van der Waals surface area contributed by atoms with Crippen LogP contribution in [0.25, 0.3) is 21.8 Å². The molecule has 1 amide bonds. The second-order valence-corrected chi connectivity index (χ2v) is 7.76. The van der Waals surface area contributed by atoms with Crippen LogP contribution in [-0.4, -0.2) is 23.1 Å². The van der Waals surface area contributed by atoms with Gasteiger partial charge in [0.1, 0.15) is 6.54 Å². The minimum atomic E-state index is -0.0556. The molecule has 0 bridgehead atoms. The highest BCUT2D eigenvalue weighted by atomic mass is 35.5. The molecule has 0 aliphatic heterocycles. The summed E-state index contributed by atoms with van der Waals surface area (Å²) in [6, 6.07) is 15.0. The van der Waals surface area contributed by atoms with Crippen molar-refractivity contribution in [3.63, 3.8) is 0 Å². The number of hydrogen-bond acceptors (Lipinski definition) is 3. The fraction of sp³-hybridized carbons (Fsp3) is 0.391. The van der Waals surface area contributed by atoms with E-state index in [1.165, 1.54) is 19.3 Å². The number of fused-ring (bicyclic) bond motifs is 2. The van der Waals surface area contributed by atoms with Crippen LogP contribution >= 0.6 is 12.4 Å². The summed E-state index contributed by atoms with van der Waals surface area (Å²) in [5.74, 6) is 0.408. The lowest BCUT2D eigenvalue weighted by Crippen LogP contribution is -2.47. The van der Waals surface area contributed by atoms with Gasteiger partial charge in [-0.15, -0.1) is 12.4 Å². The summed E-state index contributed by atoms with van der Waals surface area (Å²) in [6.45, 7) is 0.632. The number of nitrogens with one attached hydrogen (secondary N) is 1. The third-order valence-corrected chi connectivity index (χ3v) is 6.00. The van der Waals surface area contributed by atoms with E-state index >= 15 is 0 Å². The highest BCUT2D eigenvalue weighted by Crippen LogP contribution is 2.26. The number of carbonyl (C=O) groups excluding carboxylic acids is 1. The van der Waals surface area contributed by atoms with E-state index in [1.807, 2.05) is 53.1 Å². The Kier molecular flexibility index (Phi) is 6.93. The van der Waals surface area contributed by atoms with Gasteiger partial charge in [0.05, 0.1) is 11.0 Å². The van der Waals surface area contributed by atoms with E-state index in [9.17, 15) is 9.59 Å². The predicted octanol–water partition coefficient (Wildman–Crippen LogP) is 3.60. The Bertz CT molecular complexity index is 997. The molecular formula is C23H28ClN3O2. The molecule has 1 aliphatic carbocycles. The van der Waals surface area contributed by atoms with Crippen LogP contribution in [0.1, 0.15) is 32.1 Å². The Morgan fingerprint density at radius 2 is 1.55 bits per heavy atom. The number of para-hydroxylation sites is 2. The van der Waals surface area contributed by atoms with Gasteiger partial charge in [-0.1, -0.05) is 43.5 Å². The summed E-state index contributed by atoms with van der Waals surface area (Å²) in [4.78, 5) is 25.8. The maximum absolute atomic E-state index is 12.9. The van der Waals surface area contributed by atoms with Crippen LogP contribution in [-0.2, 0) is 11.3 Å². The SMILES string of the molecule is Cl.NCC(NC(=O)Cn1c2ccccc2c(=O)c2ccccc21)C1CCCCC1. The average molecular weight is 414 g/mol. The van der Waals surface area contributed by atoms with E-state index in [0.717, 1.165) is 23.9 Å². The zero-order valence-corrected chi connectivity index (χ0v) is 17.3. The normalized spacial score (nSPS) is 15.8. The summed E-state index contributed by atoms with van der Waals surface area (Å²) in [5.41, 5.74) is 7.55. The molecule has 3 aromatic rings. The van der Waals surface area contributed by atoms with Crippen molar-refractivity contribution < 1.29 is 4.79 Å². The molecule has 29 heavy (non-hydrogen) atoms. The Balaban J connectivity index is 0.00000240. The van der Waals surface area contributed by atoms with Crippen molar-refractivity contribution in [2.75, 3.05) is 6.54 Å². The number of nitrogens with two attached hydrogens (primary N) is 1. The Labute approximate surface area is 176 Å². The molecule has 3 N–H and O–H groups in total. The molecule has 0 saturated heterocycles. The van der Waals surface area contributed by atoms with Gasteiger partial charge >= 0.3 is 0 Å². The first-order valence-corrected chi connectivity index (χ1v) is 10.2. The van der Waals surface area contributed by atoms with Gasteiger partial charge in [0, 0.05) is 23.4 Å². The standard InChI is InChI=1S/C23H27N3O2.ClH/c24-14-19(16-8-2-1-3-9-16)25-22(27)15-26-20-12-6-4-10-17(20)23(28)18-11-5-7-13-21(18)26;/h4-7,10-13,16,19H,1-3,8-9,14-15,24H2,(H,25,27);1H. The molecule has 2 aromatic carbocycles. The molecular weight excluding hydrogens is 386 g/mol. The summed E-state index contributed by atoms with van der Waals surface area (Å²) in [5, 5.41) is 4.44. The van der Waals surface area contributed by atoms with Gasteiger partial charge in [-0.25, -0.2) is 0 Å². The molecule has 1 aliphatic rings. The van der Waals surface area contributed by atoms with E-state index in [0.29, 0.717) is 23.2 Å². The van der Waals surface area contributed by atoms with Crippen LogP contribution in [0.4, 0.5) is 0 Å². The minimum absolute atomic E-state index is 0. The highest BCUT2D eigenvalue weighted by molar-refractivity contribution is 5.94. The Hall–Kier alpha value is -2.37. The van der Waals surface area contributed by atoms with Gasteiger partial charge in [0.2, 0.25) is 5.91 Å². The first-order valence-electron chi connectivity index (χ1n) is 10.2. The van der Waals surface area contributed by atoms with Gasteiger partial charge in [0.15, 0.2) is 5.43 Å². The highest BCUT2D eigenvalue weighted by Gasteiger charge is 2.24. The molecule has 1 fully saturated rings. The zero-order chi connectivity index (χ0) is 19.5. The van der Waals surface area contributed by atoms with Gasteiger partial charge < -0.3 is 15.6 Å². The number of halogens is 1. The number of amides is 1. The smallest absolute Gasteiger partial charge is 0.240 e. The molecule has 1 unspecified atom stereocenters. The van der Waals surface area contributed by atoms with Crippen molar-refractivity contribution in [2.24, 2.45) is 11.7 Å². The molecule has 4 rings (SSSR count). The lowest BCUT2D eigenvalue weighted by atomic mass is 9.84. The van der Waals surface area contributed by atoms with Gasteiger partial charge in [-0.05, 0) is 43.0 Å². The average Bonchev–Trinajstić information content (AvgIpc) is 2.75. The van der Waals surface area contributed by atoms with Crippen molar-refractivity contribution >= 4 is 40.1 Å². The molecule has 0 spiro atoms. The van der Waals surface area contributed by atoms with E-state index in [4.69, 9.17) is 5.73 Å².